The minimum Gasteiger partial charge on any atom is -0.465 e. The Balaban J connectivity index is 2.07. The van der Waals surface area contributed by atoms with Gasteiger partial charge in [0.1, 0.15) is 0 Å². The molecule has 0 saturated heterocycles. The van der Waals surface area contributed by atoms with Crippen LogP contribution in [0.3, 0.4) is 0 Å². The number of methoxy groups -OCH3 is 2. The second-order valence-electron chi connectivity index (χ2n) is 5.69. The van der Waals surface area contributed by atoms with Crippen molar-refractivity contribution in [3.63, 3.8) is 0 Å². The summed E-state index contributed by atoms with van der Waals surface area (Å²) in [5.41, 5.74) is 1.77. The molecule has 0 radical (unpaired) electrons. The lowest BCUT2D eigenvalue weighted by atomic mass is 10.1. The first-order valence-electron chi connectivity index (χ1n) is 8.22. The minimum absolute atomic E-state index is 0.154. The molecule has 142 valence electrons. The van der Waals surface area contributed by atoms with E-state index in [2.05, 4.69) is 14.8 Å². The Morgan fingerprint density at radius 1 is 0.963 bits per heavy atom. The molecule has 0 heterocycles. The van der Waals surface area contributed by atoms with E-state index in [9.17, 15) is 14.4 Å². The Morgan fingerprint density at radius 3 is 2.04 bits per heavy atom. The zero-order chi connectivity index (χ0) is 19.8. The van der Waals surface area contributed by atoms with Crippen LogP contribution < -0.4 is 5.32 Å². The average molecular weight is 387 g/mol. The van der Waals surface area contributed by atoms with E-state index in [0.29, 0.717) is 5.69 Å². The number of amides is 1. The first-order chi connectivity index (χ1) is 12.9. The fourth-order valence-corrected chi connectivity index (χ4v) is 3.21. The summed E-state index contributed by atoms with van der Waals surface area (Å²) in [4.78, 5) is 35.9. The summed E-state index contributed by atoms with van der Waals surface area (Å²) in [5, 5.41) is 2.87. The zero-order valence-electron chi connectivity index (χ0n) is 15.4. The van der Waals surface area contributed by atoms with Gasteiger partial charge in [0, 0.05) is 10.9 Å². The predicted octanol–water partition coefficient (Wildman–Crippen LogP) is 3.69. The minimum atomic E-state index is -0.608. The van der Waals surface area contributed by atoms with E-state index in [1.165, 1.54) is 44.2 Å². The first-order valence-corrected chi connectivity index (χ1v) is 9.27. The summed E-state index contributed by atoms with van der Waals surface area (Å²) in [6.45, 7) is 2.03. The van der Waals surface area contributed by atoms with Gasteiger partial charge in [0.2, 0.25) is 5.91 Å². The maximum atomic E-state index is 12.3. The van der Waals surface area contributed by atoms with Crippen molar-refractivity contribution in [1.82, 2.24) is 0 Å². The van der Waals surface area contributed by atoms with Crippen LogP contribution in [0.25, 0.3) is 0 Å². The van der Waals surface area contributed by atoms with Gasteiger partial charge in [-0.05, 0) is 30.7 Å². The van der Waals surface area contributed by atoms with Gasteiger partial charge in [-0.15, -0.1) is 11.8 Å². The van der Waals surface area contributed by atoms with Crippen LogP contribution in [-0.2, 0) is 14.3 Å². The molecule has 1 N–H and O–H groups in total. The number of rotatable bonds is 7. The lowest BCUT2D eigenvalue weighted by molar-refractivity contribution is -0.113. The molecular weight excluding hydrogens is 366 g/mol. The van der Waals surface area contributed by atoms with Gasteiger partial charge < -0.3 is 14.8 Å². The van der Waals surface area contributed by atoms with Crippen molar-refractivity contribution in [2.24, 2.45) is 0 Å². The summed E-state index contributed by atoms with van der Waals surface area (Å²) in [7, 11) is 2.49. The number of hydrogen-bond acceptors (Lipinski definition) is 6. The van der Waals surface area contributed by atoms with Crippen LogP contribution in [-0.4, -0.2) is 37.8 Å². The molecule has 2 rings (SSSR count). The highest BCUT2D eigenvalue weighted by Crippen LogP contribution is 2.28. The second kappa shape index (κ2) is 9.78. The third-order valence-electron chi connectivity index (χ3n) is 3.79. The molecule has 7 heteroatoms. The maximum absolute atomic E-state index is 12.3. The maximum Gasteiger partial charge on any atom is 0.337 e. The van der Waals surface area contributed by atoms with Gasteiger partial charge in [0.25, 0.3) is 0 Å². The molecule has 0 spiro atoms. The van der Waals surface area contributed by atoms with Crippen LogP contribution >= 0.6 is 11.8 Å². The normalized spacial score (nSPS) is 11.4. The first kappa shape index (κ1) is 20.5. The average Bonchev–Trinajstić information content (AvgIpc) is 2.71. The number of hydrogen-bond donors (Lipinski definition) is 1. The Kier molecular flexibility index (Phi) is 7.43. The number of carbonyl (C=O) groups is 3. The van der Waals surface area contributed by atoms with E-state index < -0.39 is 11.9 Å². The Labute approximate surface area is 162 Å². The molecule has 6 nitrogen and oxygen atoms in total. The molecule has 0 fully saturated rings. The number of ether oxygens (including phenoxy) is 2. The third kappa shape index (κ3) is 5.86. The van der Waals surface area contributed by atoms with Gasteiger partial charge in [0.05, 0.1) is 31.1 Å². The van der Waals surface area contributed by atoms with Gasteiger partial charge in [-0.25, -0.2) is 9.59 Å². The number of nitrogens with one attached hydrogen (secondary N) is 1. The Bertz CT molecular complexity index is 788. The molecular formula is C20H21NO5S. The van der Waals surface area contributed by atoms with Crippen LogP contribution in [0.2, 0.25) is 0 Å². The molecule has 27 heavy (non-hydrogen) atoms. The molecule has 2 aromatic carbocycles. The quantitative estimate of drug-likeness (QED) is 0.730. The molecule has 0 aromatic heterocycles. The highest BCUT2D eigenvalue weighted by molar-refractivity contribution is 8.00. The lowest BCUT2D eigenvalue weighted by Crippen LogP contribution is -2.16. The zero-order valence-corrected chi connectivity index (χ0v) is 16.2. The van der Waals surface area contributed by atoms with E-state index in [1.807, 2.05) is 37.3 Å². The largest absolute Gasteiger partial charge is 0.465 e. The molecule has 2 aromatic rings. The molecule has 0 aliphatic heterocycles. The van der Waals surface area contributed by atoms with Gasteiger partial charge in [0.15, 0.2) is 0 Å². The van der Waals surface area contributed by atoms with Gasteiger partial charge in [-0.3, -0.25) is 4.79 Å². The van der Waals surface area contributed by atoms with Crippen molar-refractivity contribution in [1.29, 1.82) is 0 Å². The lowest BCUT2D eigenvalue weighted by Gasteiger charge is -2.12. The van der Waals surface area contributed by atoms with Crippen molar-refractivity contribution in [2.75, 3.05) is 25.3 Å². The van der Waals surface area contributed by atoms with Gasteiger partial charge >= 0.3 is 11.9 Å². The summed E-state index contributed by atoms with van der Waals surface area (Å²) >= 11 is 1.49. The van der Waals surface area contributed by atoms with Crippen LogP contribution in [0.1, 0.15) is 38.5 Å². The van der Waals surface area contributed by atoms with Crippen LogP contribution in [0.4, 0.5) is 5.69 Å². The van der Waals surface area contributed by atoms with E-state index in [-0.39, 0.29) is 28.0 Å². The predicted molar refractivity (Wildman–Crippen MR) is 105 cm³/mol. The number of anilines is 1. The summed E-state index contributed by atoms with van der Waals surface area (Å²) in [5.74, 6) is -1.22. The Morgan fingerprint density at radius 2 is 1.52 bits per heavy atom. The monoisotopic (exact) mass is 387 g/mol. The molecule has 0 bridgehead atoms. The van der Waals surface area contributed by atoms with Crippen LogP contribution in [0.15, 0.2) is 48.5 Å². The van der Waals surface area contributed by atoms with E-state index in [0.717, 1.165) is 5.56 Å². The van der Waals surface area contributed by atoms with Crippen molar-refractivity contribution in [2.45, 2.75) is 12.2 Å². The molecule has 1 amide bonds. The van der Waals surface area contributed by atoms with E-state index >= 15 is 0 Å². The third-order valence-corrected chi connectivity index (χ3v) is 4.99. The molecule has 1 unspecified atom stereocenters. The fourth-order valence-electron chi connectivity index (χ4n) is 2.39. The van der Waals surface area contributed by atoms with Crippen molar-refractivity contribution in [3.05, 3.63) is 65.2 Å². The summed E-state index contributed by atoms with van der Waals surface area (Å²) in [6, 6.07) is 14.2. The second-order valence-corrected chi connectivity index (χ2v) is 7.02. The highest BCUT2D eigenvalue weighted by atomic mass is 32.2. The number of carbonyl (C=O) groups excluding carboxylic acids is 3. The van der Waals surface area contributed by atoms with Crippen molar-refractivity contribution >= 4 is 35.3 Å². The smallest absolute Gasteiger partial charge is 0.337 e. The number of thioether (sulfide) groups is 1. The molecule has 0 aliphatic carbocycles. The van der Waals surface area contributed by atoms with Gasteiger partial charge in [-0.1, -0.05) is 30.3 Å². The SMILES string of the molecule is COC(=O)c1cc(NC(=O)CSC(C)c2ccccc2)cc(C(=O)OC)c1. The fraction of sp³-hybridized carbons (Fsp3) is 0.250. The highest BCUT2D eigenvalue weighted by Gasteiger charge is 2.15. The van der Waals surface area contributed by atoms with Crippen LogP contribution in [0.5, 0.6) is 0 Å². The number of benzene rings is 2. The Hall–Kier alpha value is -2.80. The molecule has 1 atom stereocenters. The standard InChI is InChI=1S/C20H21NO5S/c1-13(14-7-5-4-6-8-14)27-12-18(22)21-17-10-15(19(23)25-2)9-16(11-17)20(24)26-3/h4-11,13H,12H2,1-3H3,(H,21,22). The number of esters is 2. The topological polar surface area (TPSA) is 81.7 Å². The van der Waals surface area contributed by atoms with Crippen LogP contribution in [0, 0.1) is 0 Å². The molecule has 0 aliphatic rings. The van der Waals surface area contributed by atoms with Crippen molar-refractivity contribution < 1.29 is 23.9 Å². The molecule has 0 saturated carbocycles. The summed E-state index contributed by atoms with van der Waals surface area (Å²) < 4.78 is 9.37. The van der Waals surface area contributed by atoms with Gasteiger partial charge in [-0.2, -0.15) is 0 Å². The van der Waals surface area contributed by atoms with Crippen molar-refractivity contribution in [3.8, 4) is 0 Å². The summed E-state index contributed by atoms with van der Waals surface area (Å²) in [6.07, 6.45) is 0. The van der Waals surface area contributed by atoms with E-state index in [4.69, 9.17) is 0 Å². The van der Waals surface area contributed by atoms with E-state index in [1.54, 1.807) is 0 Å².